The first-order valence-corrected chi connectivity index (χ1v) is 26.2. The van der Waals surface area contributed by atoms with E-state index in [-0.39, 0.29) is 43.0 Å². The normalized spacial score (nSPS) is 21.0. The van der Waals surface area contributed by atoms with Crippen molar-refractivity contribution in [2.75, 3.05) is 74.3 Å². The molecule has 12 rings (SSSR count). The molecule has 5 atom stereocenters. The molecule has 0 saturated carbocycles. The molecule has 1 N–H and O–H groups in total. The quantitative estimate of drug-likeness (QED) is 0.103. The molecule has 4 aliphatic heterocycles. The van der Waals surface area contributed by atoms with Crippen LogP contribution in [0.25, 0.3) is 53.2 Å². The average Bonchev–Trinajstić information content (AvgIpc) is 3.83. The number of carboxylic acids is 1. The van der Waals surface area contributed by atoms with Crippen molar-refractivity contribution in [1.82, 2.24) is 34.6 Å². The summed E-state index contributed by atoms with van der Waals surface area (Å²) >= 11 is 8.97. The predicted molar refractivity (Wildman–Crippen MR) is 284 cm³/mol. The van der Waals surface area contributed by atoms with Gasteiger partial charge >= 0.3 is 5.97 Å². The Kier molecular flexibility index (Phi) is 15.1. The second kappa shape index (κ2) is 22.2. The van der Waals surface area contributed by atoms with Crippen LogP contribution in [0.1, 0.15) is 28.8 Å². The molecule has 8 aromatic rings. The van der Waals surface area contributed by atoms with Crippen molar-refractivity contribution in [3.8, 4) is 28.8 Å². The molecular weight excluding hydrogens is 1000 g/mol. The Morgan fingerprint density at radius 1 is 0.827 bits per heavy atom. The maximum atomic E-state index is 15.2. The number of benzene rings is 5. The first-order chi connectivity index (χ1) is 36.5. The van der Waals surface area contributed by atoms with Crippen LogP contribution in [0.5, 0.6) is 17.4 Å². The zero-order valence-corrected chi connectivity index (χ0v) is 43.6. The number of carbonyl (C=O) groups is 1. The third-order valence-corrected chi connectivity index (χ3v) is 16.1. The maximum absolute atomic E-state index is 15.2. The fraction of sp³-hybridized carbons (Fsp3) is 0.375. The van der Waals surface area contributed by atoms with E-state index in [0.717, 1.165) is 76.8 Å². The van der Waals surface area contributed by atoms with Gasteiger partial charge in [0.2, 0.25) is 12.0 Å². The Balaban J connectivity index is 0.894. The smallest absolute Gasteiger partial charge is 0.345 e. The van der Waals surface area contributed by atoms with Crippen LogP contribution in [0.2, 0.25) is 5.02 Å². The van der Waals surface area contributed by atoms with Gasteiger partial charge in [-0.05, 0) is 83.0 Å². The van der Waals surface area contributed by atoms with Gasteiger partial charge in [0.25, 0.3) is 0 Å². The van der Waals surface area contributed by atoms with E-state index in [9.17, 15) is 9.90 Å². The first kappa shape index (κ1) is 50.9. The fourth-order valence-electron chi connectivity index (χ4n) is 10.5. The summed E-state index contributed by atoms with van der Waals surface area (Å²) in [6, 6.07) is 24.0. The lowest BCUT2D eigenvalue weighted by atomic mass is 9.95. The molecule has 5 aromatic carbocycles. The number of aliphatic carboxylic acids is 1. The highest BCUT2D eigenvalue weighted by Gasteiger charge is 2.40. The minimum atomic E-state index is -1.38. The molecule has 0 spiro atoms. The Morgan fingerprint density at radius 3 is 2.43 bits per heavy atom. The van der Waals surface area contributed by atoms with Gasteiger partial charge in [0.05, 0.1) is 28.3 Å². The summed E-state index contributed by atoms with van der Waals surface area (Å²) in [5, 5.41) is 15.7. The van der Waals surface area contributed by atoms with Gasteiger partial charge in [0.1, 0.15) is 47.8 Å². The van der Waals surface area contributed by atoms with E-state index in [1.54, 1.807) is 39.7 Å². The molecule has 2 saturated heterocycles. The van der Waals surface area contributed by atoms with Gasteiger partial charge in [-0.3, -0.25) is 9.80 Å². The van der Waals surface area contributed by atoms with Gasteiger partial charge in [-0.15, -0.1) is 11.3 Å². The van der Waals surface area contributed by atoms with Crippen LogP contribution >= 0.6 is 22.9 Å². The molecular formula is C56H57ClFN7O9S. The molecule has 390 valence electrons. The van der Waals surface area contributed by atoms with Crippen molar-refractivity contribution in [3.05, 3.63) is 125 Å². The Labute approximate surface area is 441 Å². The number of hydrogen-bond acceptors (Lipinski definition) is 16. The molecule has 3 aromatic heterocycles. The van der Waals surface area contributed by atoms with Crippen LogP contribution in [0.15, 0.2) is 91.4 Å². The zero-order chi connectivity index (χ0) is 51.7. The van der Waals surface area contributed by atoms with Gasteiger partial charge in [-0.2, -0.15) is 0 Å². The highest BCUT2D eigenvalue weighted by molar-refractivity contribution is 7.26. The minimum absolute atomic E-state index is 0.0471. The van der Waals surface area contributed by atoms with E-state index in [4.69, 9.17) is 49.7 Å². The number of carboxylic acid groups (broad SMARTS) is 1. The second-order valence-electron chi connectivity index (χ2n) is 19.3. The molecule has 0 amide bonds. The molecule has 2 fully saturated rings. The van der Waals surface area contributed by atoms with Crippen molar-refractivity contribution in [3.63, 3.8) is 0 Å². The minimum Gasteiger partial charge on any atom is -0.491 e. The average molecular weight is 1060 g/mol. The number of thiophene rings is 1. The van der Waals surface area contributed by atoms with Crippen LogP contribution in [-0.4, -0.2) is 151 Å². The van der Waals surface area contributed by atoms with E-state index in [1.807, 2.05) is 54.6 Å². The largest absolute Gasteiger partial charge is 0.491 e. The topological polar surface area (TPSA) is 163 Å². The number of piperazine rings is 1. The third kappa shape index (κ3) is 10.7. The van der Waals surface area contributed by atoms with Crippen molar-refractivity contribution in [1.29, 1.82) is 0 Å². The van der Waals surface area contributed by atoms with Gasteiger partial charge in [0.15, 0.2) is 12.1 Å². The van der Waals surface area contributed by atoms with E-state index < -0.39 is 18.4 Å². The number of aromatic nitrogens is 4. The SMILES string of the molecule is CO[C@H]1O[C@H](COc2ccc(-c3nccc(COc4ccc5cc4C[C@H](C(=O)O)Oc4ncnc6sc7c8ccc(F)cc8c8c(Cl)c(ccc8c7c46)CN(CCN4CCN(C)CC4)C5)n3)cc2)C[C@H](OC)[C@@H]1OC. The first-order valence-electron chi connectivity index (χ1n) is 25.0. The number of ether oxygens (including phenoxy) is 7. The predicted octanol–water partition coefficient (Wildman–Crippen LogP) is 8.79. The fourth-order valence-corrected chi connectivity index (χ4v) is 12.0. The highest BCUT2D eigenvalue weighted by atomic mass is 35.5. The van der Waals surface area contributed by atoms with E-state index >= 15 is 4.39 Å². The van der Waals surface area contributed by atoms with Crippen molar-refractivity contribution in [2.24, 2.45) is 0 Å². The molecule has 19 heteroatoms. The number of methoxy groups -OCH3 is 3. The number of nitrogens with zero attached hydrogens (tertiary/aromatic N) is 7. The number of rotatable bonds is 14. The summed E-state index contributed by atoms with van der Waals surface area (Å²) in [5.74, 6) is 0.206. The van der Waals surface area contributed by atoms with Gasteiger partial charge in [-0.25, -0.2) is 29.1 Å². The molecule has 16 nitrogen and oxygen atoms in total. The van der Waals surface area contributed by atoms with Crippen LogP contribution in [0, 0.1) is 5.82 Å². The number of hydrogen-bond donors (Lipinski definition) is 1. The summed E-state index contributed by atoms with van der Waals surface area (Å²) in [4.78, 5) is 39.8. The van der Waals surface area contributed by atoms with Gasteiger partial charge in [0, 0.05) is 119 Å². The zero-order valence-electron chi connectivity index (χ0n) is 42.0. The third-order valence-electron chi connectivity index (χ3n) is 14.5. The molecule has 7 heterocycles. The monoisotopic (exact) mass is 1060 g/mol. The van der Waals surface area contributed by atoms with Gasteiger partial charge in [-0.1, -0.05) is 41.9 Å². The molecule has 0 radical (unpaired) electrons. The number of halogens is 2. The molecule has 75 heavy (non-hydrogen) atoms. The lowest BCUT2D eigenvalue weighted by Gasteiger charge is -2.39. The number of fused-ring (bicyclic) bond motifs is 7. The summed E-state index contributed by atoms with van der Waals surface area (Å²) in [6.07, 6.45) is 0.828. The second-order valence-corrected chi connectivity index (χ2v) is 20.7. The van der Waals surface area contributed by atoms with Crippen LogP contribution in [0.3, 0.4) is 0 Å². The van der Waals surface area contributed by atoms with E-state index in [2.05, 4.69) is 36.7 Å². The van der Waals surface area contributed by atoms with Gasteiger partial charge < -0.3 is 43.2 Å². The maximum Gasteiger partial charge on any atom is 0.345 e. The van der Waals surface area contributed by atoms with E-state index in [1.165, 1.54) is 29.8 Å². The standard InChI is InChI=1S/C56H57ClFN7O9S/c1-63-17-19-64(20-18-63)21-22-65-27-32-5-14-43(72-29-37-15-16-59-52(62-37)33-6-10-38(11-7-33)71-30-39-26-44(68-2)50(69-3)56(70-4)73-39)35(23-32)24-45(55(66)67)74-53-48-47-41-12-8-34(28-65)49(57)46(41)42-25-36(58)9-13-40(42)51(47)75-54(48)61-31-60-53/h5-16,23,25,31,39,44-45,50,56H,17-22,24,26-30H2,1-4H3,(H,66,67)/t39-,44-,45+,50-,56-/m0/s1. The van der Waals surface area contributed by atoms with Crippen molar-refractivity contribution < 1.29 is 47.4 Å². The Hall–Kier alpha value is -6.19. The van der Waals surface area contributed by atoms with Crippen LogP contribution in [0.4, 0.5) is 4.39 Å². The highest BCUT2D eigenvalue weighted by Crippen LogP contribution is 2.48. The summed E-state index contributed by atoms with van der Waals surface area (Å²) in [7, 11) is 6.98. The molecule has 0 unspecified atom stereocenters. The molecule has 6 bridgehead atoms. The number of likely N-dealkylation sites (N-methyl/N-ethyl adjacent to an activating group) is 1. The molecule has 4 aliphatic rings. The lowest BCUT2D eigenvalue weighted by molar-refractivity contribution is -0.270. The van der Waals surface area contributed by atoms with E-state index in [0.29, 0.717) is 80.7 Å². The lowest BCUT2D eigenvalue weighted by Crippen LogP contribution is -2.52. The molecule has 0 aliphatic carbocycles. The summed E-state index contributed by atoms with van der Waals surface area (Å²) in [5.41, 5.74) is 3.89. The Bertz CT molecular complexity index is 3370. The van der Waals surface area contributed by atoms with Crippen molar-refractivity contribution in [2.45, 2.75) is 63.2 Å². The van der Waals surface area contributed by atoms with Crippen molar-refractivity contribution >= 4 is 70.8 Å². The van der Waals surface area contributed by atoms with Crippen LogP contribution < -0.4 is 14.2 Å². The van der Waals surface area contributed by atoms with Crippen LogP contribution in [-0.2, 0) is 49.9 Å². The summed E-state index contributed by atoms with van der Waals surface area (Å²) in [6.45, 7) is 6.90. The Morgan fingerprint density at radius 2 is 1.64 bits per heavy atom. The summed E-state index contributed by atoms with van der Waals surface area (Å²) < 4.78 is 58.1.